The Morgan fingerprint density at radius 3 is 2.43 bits per heavy atom. The minimum absolute atomic E-state index is 0.0705. The van der Waals surface area contributed by atoms with E-state index < -0.39 is 0 Å². The third-order valence-electron chi connectivity index (χ3n) is 4.58. The fourth-order valence-electron chi connectivity index (χ4n) is 3.36. The lowest BCUT2D eigenvalue weighted by atomic mass is 10.0. The van der Waals surface area contributed by atoms with Gasteiger partial charge in [0.1, 0.15) is 0 Å². The van der Waals surface area contributed by atoms with E-state index in [0.717, 1.165) is 17.8 Å². The highest BCUT2D eigenvalue weighted by Gasteiger charge is 2.20. The average molecular weight is 408 g/mol. The first kappa shape index (κ1) is 18.6. The Labute approximate surface area is 174 Å². The van der Waals surface area contributed by atoms with Crippen molar-refractivity contribution in [3.63, 3.8) is 0 Å². The standard InChI is InChI=1S/C23H19Cl2N3/c24-20-14-19(15-21(25)16-20)23(28-13-10-26-17-28)22-9-5-12-27(22)11-4-8-18-6-2-1-3-7-18/h1-10,12-17,23H,11H2/b8-4+. The van der Waals surface area contributed by atoms with Crippen LogP contribution in [0, 0.1) is 0 Å². The molecule has 0 aliphatic carbocycles. The SMILES string of the molecule is Clc1cc(Cl)cc(C(c2cccn2C/C=C/c2ccccc2)n2ccnc2)c1. The van der Waals surface area contributed by atoms with Crippen LogP contribution >= 0.6 is 23.2 Å². The number of imidazole rings is 1. The van der Waals surface area contributed by atoms with Gasteiger partial charge in [0.25, 0.3) is 0 Å². The van der Waals surface area contributed by atoms with E-state index in [-0.39, 0.29) is 6.04 Å². The van der Waals surface area contributed by atoms with Gasteiger partial charge in [-0.15, -0.1) is 0 Å². The molecule has 140 valence electrons. The topological polar surface area (TPSA) is 22.8 Å². The van der Waals surface area contributed by atoms with E-state index in [1.54, 1.807) is 12.3 Å². The van der Waals surface area contributed by atoms with E-state index in [4.69, 9.17) is 23.2 Å². The normalized spacial score (nSPS) is 12.5. The number of allylic oxidation sites excluding steroid dienone is 1. The molecule has 1 atom stereocenters. The van der Waals surface area contributed by atoms with Crippen molar-refractivity contribution in [1.82, 2.24) is 14.1 Å². The molecule has 0 aliphatic rings. The summed E-state index contributed by atoms with van der Waals surface area (Å²) >= 11 is 12.6. The largest absolute Gasteiger partial charge is 0.345 e. The first-order valence-corrected chi connectivity index (χ1v) is 9.76. The van der Waals surface area contributed by atoms with Crippen molar-refractivity contribution in [3.8, 4) is 0 Å². The van der Waals surface area contributed by atoms with E-state index in [0.29, 0.717) is 10.0 Å². The number of rotatable bonds is 6. The third kappa shape index (κ3) is 4.22. The molecule has 1 unspecified atom stereocenters. The molecule has 2 aromatic heterocycles. The zero-order chi connectivity index (χ0) is 19.3. The predicted octanol–water partition coefficient (Wildman–Crippen LogP) is 6.34. The number of aromatic nitrogens is 3. The third-order valence-corrected chi connectivity index (χ3v) is 5.02. The molecule has 0 spiro atoms. The Morgan fingerprint density at radius 1 is 0.929 bits per heavy atom. The summed E-state index contributed by atoms with van der Waals surface area (Å²) in [6.07, 6.45) is 11.9. The molecule has 0 aliphatic heterocycles. The van der Waals surface area contributed by atoms with Crippen LogP contribution in [0.25, 0.3) is 6.08 Å². The zero-order valence-corrected chi connectivity index (χ0v) is 16.6. The maximum atomic E-state index is 6.28. The van der Waals surface area contributed by atoms with E-state index in [2.05, 4.69) is 56.7 Å². The summed E-state index contributed by atoms with van der Waals surface area (Å²) in [5, 5.41) is 1.24. The van der Waals surface area contributed by atoms with E-state index >= 15 is 0 Å². The smallest absolute Gasteiger partial charge is 0.0999 e. The molecule has 0 fully saturated rings. The lowest BCUT2D eigenvalue weighted by molar-refractivity contribution is 0.613. The lowest BCUT2D eigenvalue weighted by Gasteiger charge is -2.22. The van der Waals surface area contributed by atoms with Crippen LogP contribution in [-0.4, -0.2) is 14.1 Å². The zero-order valence-electron chi connectivity index (χ0n) is 15.1. The second kappa shape index (κ2) is 8.51. The monoisotopic (exact) mass is 407 g/mol. The Bertz CT molecular complexity index is 1050. The Balaban J connectivity index is 1.68. The van der Waals surface area contributed by atoms with Crippen LogP contribution in [0.5, 0.6) is 0 Å². The van der Waals surface area contributed by atoms with Gasteiger partial charge in [-0.3, -0.25) is 0 Å². The molecule has 0 radical (unpaired) electrons. The van der Waals surface area contributed by atoms with Gasteiger partial charge in [-0.05, 0) is 41.5 Å². The quantitative estimate of drug-likeness (QED) is 0.365. The van der Waals surface area contributed by atoms with Gasteiger partial charge >= 0.3 is 0 Å². The average Bonchev–Trinajstić information content (AvgIpc) is 3.35. The molecule has 2 aromatic carbocycles. The number of benzene rings is 2. The fraction of sp³-hybridized carbons (Fsp3) is 0.0870. The van der Waals surface area contributed by atoms with Crippen LogP contribution in [0.15, 0.2) is 91.7 Å². The Hall–Kier alpha value is -2.75. The van der Waals surface area contributed by atoms with Gasteiger partial charge in [0.2, 0.25) is 0 Å². The molecule has 0 N–H and O–H groups in total. The summed E-state index contributed by atoms with van der Waals surface area (Å²) < 4.78 is 4.29. The summed E-state index contributed by atoms with van der Waals surface area (Å²) in [5.41, 5.74) is 3.33. The number of hydrogen-bond acceptors (Lipinski definition) is 1. The van der Waals surface area contributed by atoms with Gasteiger partial charge in [0.15, 0.2) is 0 Å². The molecular formula is C23H19Cl2N3. The highest BCUT2D eigenvalue weighted by atomic mass is 35.5. The van der Waals surface area contributed by atoms with Crippen molar-refractivity contribution in [3.05, 3.63) is 119 Å². The van der Waals surface area contributed by atoms with E-state index in [1.807, 2.05) is 42.9 Å². The molecular weight excluding hydrogens is 389 g/mol. The van der Waals surface area contributed by atoms with Crippen LogP contribution in [0.2, 0.25) is 10.0 Å². The van der Waals surface area contributed by atoms with Gasteiger partial charge in [-0.2, -0.15) is 0 Å². The van der Waals surface area contributed by atoms with Crippen LogP contribution in [0.3, 0.4) is 0 Å². The van der Waals surface area contributed by atoms with Gasteiger partial charge in [-0.1, -0.05) is 65.7 Å². The van der Waals surface area contributed by atoms with Crippen molar-refractivity contribution in [1.29, 1.82) is 0 Å². The van der Waals surface area contributed by atoms with E-state index in [9.17, 15) is 0 Å². The van der Waals surface area contributed by atoms with Crippen LogP contribution in [0.1, 0.15) is 22.9 Å². The highest BCUT2D eigenvalue weighted by molar-refractivity contribution is 6.34. The molecule has 2 heterocycles. The number of halogens is 2. The molecule has 0 saturated heterocycles. The first-order chi connectivity index (χ1) is 13.7. The second-order valence-corrected chi connectivity index (χ2v) is 7.39. The van der Waals surface area contributed by atoms with Crippen molar-refractivity contribution in [2.24, 2.45) is 0 Å². The van der Waals surface area contributed by atoms with Crippen molar-refractivity contribution in [2.75, 3.05) is 0 Å². The Kier molecular flexibility index (Phi) is 5.65. The molecule has 5 heteroatoms. The molecule has 28 heavy (non-hydrogen) atoms. The summed E-state index contributed by atoms with van der Waals surface area (Å²) in [6.45, 7) is 0.761. The minimum Gasteiger partial charge on any atom is -0.345 e. The fourth-order valence-corrected chi connectivity index (χ4v) is 3.90. The van der Waals surface area contributed by atoms with Crippen LogP contribution in [-0.2, 0) is 6.54 Å². The Morgan fingerprint density at radius 2 is 1.71 bits per heavy atom. The summed E-state index contributed by atoms with van der Waals surface area (Å²) in [4.78, 5) is 4.23. The van der Waals surface area contributed by atoms with Gasteiger partial charge in [0, 0.05) is 40.9 Å². The van der Waals surface area contributed by atoms with Crippen molar-refractivity contribution >= 4 is 29.3 Å². The van der Waals surface area contributed by atoms with Gasteiger partial charge in [0.05, 0.1) is 12.4 Å². The van der Waals surface area contributed by atoms with Crippen LogP contribution in [0.4, 0.5) is 0 Å². The molecule has 0 amide bonds. The van der Waals surface area contributed by atoms with Gasteiger partial charge in [-0.25, -0.2) is 4.98 Å². The van der Waals surface area contributed by atoms with Gasteiger partial charge < -0.3 is 9.13 Å². The van der Waals surface area contributed by atoms with Crippen molar-refractivity contribution < 1.29 is 0 Å². The summed E-state index contributed by atoms with van der Waals surface area (Å²) in [6, 6.07) is 20.1. The molecule has 4 rings (SSSR count). The summed E-state index contributed by atoms with van der Waals surface area (Å²) in [7, 11) is 0. The minimum atomic E-state index is -0.0705. The molecule has 4 aromatic rings. The highest BCUT2D eigenvalue weighted by Crippen LogP contribution is 2.31. The maximum absolute atomic E-state index is 6.28. The molecule has 0 saturated carbocycles. The number of nitrogens with zero attached hydrogens (tertiary/aromatic N) is 3. The molecule has 0 bridgehead atoms. The number of hydrogen-bond donors (Lipinski definition) is 0. The lowest BCUT2D eigenvalue weighted by Crippen LogP contribution is -2.15. The first-order valence-electron chi connectivity index (χ1n) is 9.01. The van der Waals surface area contributed by atoms with Crippen LogP contribution < -0.4 is 0 Å². The second-order valence-electron chi connectivity index (χ2n) is 6.51. The predicted molar refractivity (Wildman–Crippen MR) is 116 cm³/mol. The molecule has 3 nitrogen and oxygen atoms in total. The van der Waals surface area contributed by atoms with Crippen molar-refractivity contribution in [2.45, 2.75) is 12.6 Å². The maximum Gasteiger partial charge on any atom is 0.0999 e. The van der Waals surface area contributed by atoms with E-state index in [1.165, 1.54) is 5.56 Å². The summed E-state index contributed by atoms with van der Waals surface area (Å²) in [5.74, 6) is 0.